The van der Waals surface area contributed by atoms with Crippen molar-refractivity contribution < 1.29 is 4.79 Å². The number of nitrogens with zero attached hydrogens (tertiary/aromatic N) is 3. The summed E-state index contributed by atoms with van der Waals surface area (Å²) in [7, 11) is 0. The number of piperidine rings is 1. The lowest BCUT2D eigenvalue weighted by Crippen LogP contribution is -2.60. The van der Waals surface area contributed by atoms with Gasteiger partial charge in [0.25, 0.3) is 5.91 Å². The van der Waals surface area contributed by atoms with Crippen molar-refractivity contribution in [3.05, 3.63) is 23.4 Å². The fraction of sp³-hybridized carbons (Fsp3) is 0.625. The SMILES string of the molecule is Cc1cc(C(=O)N2CC3CCCCN3CC2C)cc(N)n1. The molecule has 3 rings (SSSR count). The van der Waals surface area contributed by atoms with E-state index in [1.807, 2.05) is 17.9 Å². The molecule has 0 spiro atoms. The maximum Gasteiger partial charge on any atom is 0.254 e. The highest BCUT2D eigenvalue weighted by Gasteiger charge is 2.35. The van der Waals surface area contributed by atoms with Gasteiger partial charge in [0.2, 0.25) is 0 Å². The molecule has 0 saturated carbocycles. The van der Waals surface area contributed by atoms with E-state index in [0.29, 0.717) is 17.4 Å². The highest BCUT2D eigenvalue weighted by atomic mass is 16.2. The first kappa shape index (κ1) is 14.3. The third-order valence-corrected chi connectivity index (χ3v) is 4.67. The minimum absolute atomic E-state index is 0.0879. The van der Waals surface area contributed by atoms with E-state index in [0.717, 1.165) is 18.8 Å². The van der Waals surface area contributed by atoms with Gasteiger partial charge in [-0.05, 0) is 45.4 Å². The first-order valence-electron chi connectivity index (χ1n) is 7.84. The van der Waals surface area contributed by atoms with Gasteiger partial charge in [0.05, 0.1) is 0 Å². The number of aryl methyl sites for hydroxylation is 1. The summed E-state index contributed by atoms with van der Waals surface area (Å²) in [5, 5.41) is 0. The molecule has 114 valence electrons. The number of nitrogens with two attached hydrogens (primary N) is 1. The Morgan fingerprint density at radius 3 is 2.90 bits per heavy atom. The van der Waals surface area contributed by atoms with E-state index >= 15 is 0 Å². The van der Waals surface area contributed by atoms with E-state index in [4.69, 9.17) is 5.73 Å². The number of aromatic nitrogens is 1. The third-order valence-electron chi connectivity index (χ3n) is 4.67. The maximum atomic E-state index is 12.8. The summed E-state index contributed by atoms with van der Waals surface area (Å²) in [5.41, 5.74) is 7.23. The molecular formula is C16H24N4O. The van der Waals surface area contributed by atoms with Crippen molar-refractivity contribution in [2.24, 2.45) is 0 Å². The fourth-order valence-electron chi connectivity index (χ4n) is 3.62. The molecule has 0 radical (unpaired) electrons. The van der Waals surface area contributed by atoms with Gasteiger partial charge >= 0.3 is 0 Å². The molecule has 2 N–H and O–H groups in total. The highest BCUT2D eigenvalue weighted by molar-refractivity contribution is 5.95. The van der Waals surface area contributed by atoms with Crippen LogP contribution in [0.1, 0.15) is 42.2 Å². The average molecular weight is 288 g/mol. The molecule has 3 heterocycles. The van der Waals surface area contributed by atoms with Crippen LogP contribution in [0, 0.1) is 6.92 Å². The molecule has 0 aliphatic carbocycles. The van der Waals surface area contributed by atoms with E-state index in [1.54, 1.807) is 6.07 Å². The van der Waals surface area contributed by atoms with Crippen LogP contribution in [0.5, 0.6) is 0 Å². The summed E-state index contributed by atoms with van der Waals surface area (Å²) in [6.45, 7) is 7.01. The van der Waals surface area contributed by atoms with Crippen LogP contribution in [-0.2, 0) is 0 Å². The summed E-state index contributed by atoms with van der Waals surface area (Å²) in [4.78, 5) is 21.5. The van der Waals surface area contributed by atoms with Gasteiger partial charge in [0.15, 0.2) is 0 Å². The van der Waals surface area contributed by atoms with Crippen molar-refractivity contribution in [3.63, 3.8) is 0 Å². The first-order chi connectivity index (χ1) is 10.0. The smallest absolute Gasteiger partial charge is 0.254 e. The topological polar surface area (TPSA) is 62.5 Å². The zero-order chi connectivity index (χ0) is 15.0. The summed E-state index contributed by atoms with van der Waals surface area (Å²) in [6.07, 6.45) is 3.77. The standard InChI is InChI=1S/C16H24N4O/c1-11-7-13(8-15(17)18-11)16(21)20-10-14-5-3-4-6-19(14)9-12(20)2/h7-8,12,14H,3-6,9-10H2,1-2H3,(H2,17,18). The van der Waals surface area contributed by atoms with Crippen molar-refractivity contribution in [1.29, 1.82) is 0 Å². The number of hydrogen-bond acceptors (Lipinski definition) is 4. The predicted octanol–water partition coefficient (Wildman–Crippen LogP) is 1.67. The van der Waals surface area contributed by atoms with E-state index < -0.39 is 0 Å². The lowest BCUT2D eigenvalue weighted by Gasteiger charge is -2.47. The van der Waals surface area contributed by atoms with Crippen LogP contribution in [0.3, 0.4) is 0 Å². The lowest BCUT2D eigenvalue weighted by molar-refractivity contribution is 0.0151. The van der Waals surface area contributed by atoms with Crippen molar-refractivity contribution in [1.82, 2.24) is 14.8 Å². The molecule has 1 amide bonds. The Bertz CT molecular complexity index is 525. The molecule has 2 aliphatic heterocycles. The van der Waals surface area contributed by atoms with Crippen LogP contribution in [0.15, 0.2) is 12.1 Å². The van der Waals surface area contributed by atoms with Crippen molar-refractivity contribution in [3.8, 4) is 0 Å². The molecule has 5 heteroatoms. The summed E-state index contributed by atoms with van der Waals surface area (Å²) < 4.78 is 0. The molecule has 2 atom stereocenters. The number of amides is 1. The van der Waals surface area contributed by atoms with Gasteiger partial charge in [-0.3, -0.25) is 9.69 Å². The Hall–Kier alpha value is -1.62. The predicted molar refractivity (Wildman–Crippen MR) is 83.1 cm³/mol. The number of fused-ring (bicyclic) bond motifs is 1. The Kier molecular flexibility index (Phi) is 3.85. The van der Waals surface area contributed by atoms with Crippen molar-refractivity contribution >= 4 is 11.7 Å². The van der Waals surface area contributed by atoms with Crippen LogP contribution in [0.25, 0.3) is 0 Å². The number of pyridine rings is 1. The maximum absolute atomic E-state index is 12.8. The molecule has 2 aliphatic rings. The monoisotopic (exact) mass is 288 g/mol. The third kappa shape index (κ3) is 2.88. The van der Waals surface area contributed by atoms with Crippen LogP contribution in [-0.4, -0.2) is 52.4 Å². The normalized spacial score (nSPS) is 26.5. The molecule has 2 fully saturated rings. The Balaban J connectivity index is 1.80. The molecule has 2 saturated heterocycles. The zero-order valence-corrected chi connectivity index (χ0v) is 12.9. The van der Waals surface area contributed by atoms with Crippen LogP contribution in [0.4, 0.5) is 5.82 Å². The second-order valence-corrected chi connectivity index (χ2v) is 6.37. The van der Waals surface area contributed by atoms with E-state index in [2.05, 4.69) is 16.8 Å². The number of carbonyl (C=O) groups is 1. The molecule has 0 aromatic carbocycles. The van der Waals surface area contributed by atoms with Crippen LogP contribution >= 0.6 is 0 Å². The van der Waals surface area contributed by atoms with Gasteiger partial charge in [-0.2, -0.15) is 0 Å². The number of anilines is 1. The Morgan fingerprint density at radius 2 is 2.14 bits per heavy atom. The fourth-order valence-corrected chi connectivity index (χ4v) is 3.62. The van der Waals surface area contributed by atoms with Gasteiger partial charge in [-0.25, -0.2) is 4.98 Å². The Labute approximate surface area is 126 Å². The second-order valence-electron chi connectivity index (χ2n) is 6.37. The van der Waals surface area contributed by atoms with Gasteiger partial charge in [-0.15, -0.1) is 0 Å². The number of piperazine rings is 1. The van der Waals surface area contributed by atoms with Crippen molar-refractivity contribution in [2.75, 3.05) is 25.4 Å². The molecular weight excluding hydrogens is 264 g/mol. The summed E-state index contributed by atoms with van der Waals surface area (Å²) in [5.74, 6) is 0.507. The van der Waals surface area contributed by atoms with Gasteiger partial charge in [0.1, 0.15) is 5.82 Å². The number of nitrogen functional groups attached to an aromatic ring is 1. The van der Waals surface area contributed by atoms with Gasteiger partial charge in [-0.1, -0.05) is 6.42 Å². The summed E-state index contributed by atoms with van der Waals surface area (Å²) in [6, 6.07) is 4.30. The van der Waals surface area contributed by atoms with Crippen LogP contribution in [0.2, 0.25) is 0 Å². The van der Waals surface area contributed by atoms with Crippen molar-refractivity contribution in [2.45, 2.75) is 45.2 Å². The lowest BCUT2D eigenvalue weighted by atomic mass is 9.96. The quantitative estimate of drug-likeness (QED) is 0.854. The average Bonchev–Trinajstić information content (AvgIpc) is 2.44. The molecule has 2 unspecified atom stereocenters. The zero-order valence-electron chi connectivity index (χ0n) is 12.9. The van der Waals surface area contributed by atoms with E-state index in [-0.39, 0.29) is 11.9 Å². The number of carbonyl (C=O) groups excluding carboxylic acids is 1. The van der Waals surface area contributed by atoms with E-state index in [9.17, 15) is 4.79 Å². The molecule has 5 nitrogen and oxygen atoms in total. The molecule has 21 heavy (non-hydrogen) atoms. The second kappa shape index (κ2) is 5.64. The number of rotatable bonds is 1. The molecule has 0 bridgehead atoms. The summed E-state index contributed by atoms with van der Waals surface area (Å²) >= 11 is 0. The Morgan fingerprint density at radius 1 is 1.33 bits per heavy atom. The minimum atomic E-state index is 0.0879. The van der Waals surface area contributed by atoms with Crippen LogP contribution < -0.4 is 5.73 Å². The molecule has 1 aromatic rings. The van der Waals surface area contributed by atoms with Gasteiger partial charge < -0.3 is 10.6 Å². The van der Waals surface area contributed by atoms with Gasteiger partial charge in [0, 0.05) is 36.4 Å². The van der Waals surface area contributed by atoms with E-state index in [1.165, 1.54) is 25.8 Å². The largest absolute Gasteiger partial charge is 0.384 e. The minimum Gasteiger partial charge on any atom is -0.384 e. The number of hydrogen-bond donors (Lipinski definition) is 1. The molecule has 1 aromatic heterocycles. The highest BCUT2D eigenvalue weighted by Crippen LogP contribution is 2.25. The first-order valence-corrected chi connectivity index (χ1v) is 7.84.